The predicted molar refractivity (Wildman–Crippen MR) is 131 cm³/mol. The Hall–Kier alpha value is -4.07. The number of fused-ring (bicyclic) bond motifs is 4. The Morgan fingerprint density at radius 2 is 1.74 bits per heavy atom. The number of benzene rings is 2. The van der Waals surface area contributed by atoms with Gasteiger partial charge in [0.05, 0.1) is 28.9 Å². The summed E-state index contributed by atoms with van der Waals surface area (Å²) in [7, 11) is 0. The lowest BCUT2D eigenvalue weighted by Crippen LogP contribution is -2.26. The molecule has 0 aliphatic heterocycles. The third-order valence-corrected chi connectivity index (χ3v) is 5.72. The maximum Gasteiger partial charge on any atom is 0.338 e. The molecule has 0 saturated heterocycles. The number of para-hydroxylation sites is 2. The Balaban J connectivity index is 1.90. The number of aromatic nitrogens is 5. The van der Waals surface area contributed by atoms with Gasteiger partial charge >= 0.3 is 5.97 Å². The van der Waals surface area contributed by atoms with Gasteiger partial charge in [-0.15, -0.1) is 0 Å². The van der Waals surface area contributed by atoms with Gasteiger partial charge in [-0.25, -0.2) is 19.7 Å². The van der Waals surface area contributed by atoms with E-state index in [-0.39, 0.29) is 18.1 Å². The Morgan fingerprint density at radius 1 is 1.00 bits per heavy atom. The number of hydrogen-bond donors (Lipinski definition) is 0. The fraction of sp³-hybridized carbons (Fsp3) is 0.269. The summed E-state index contributed by atoms with van der Waals surface area (Å²) in [5.74, 6) is 0.476. The molecule has 172 valence electrons. The van der Waals surface area contributed by atoms with E-state index in [4.69, 9.17) is 19.7 Å². The largest absolute Gasteiger partial charge is 0.462 e. The molecule has 8 heteroatoms. The lowest BCUT2D eigenvalue weighted by Gasteiger charge is -2.13. The second-order valence-electron chi connectivity index (χ2n) is 8.66. The molecule has 0 aliphatic carbocycles. The molecule has 0 fully saturated rings. The molecular weight excluding hydrogens is 430 g/mol. The number of esters is 1. The van der Waals surface area contributed by atoms with Gasteiger partial charge in [0.25, 0.3) is 5.56 Å². The van der Waals surface area contributed by atoms with Gasteiger partial charge < -0.3 is 4.74 Å². The number of hydrogen-bond acceptors (Lipinski definition) is 6. The summed E-state index contributed by atoms with van der Waals surface area (Å²) in [6.07, 6.45) is 0. The SMILES string of the molecule is CCOC(=O)c1cccc(-n2c3nc4ccccc4nc3c3c(=O)n(CC(C)C)c(C)nc32)c1. The van der Waals surface area contributed by atoms with Crippen molar-refractivity contribution in [2.45, 2.75) is 34.2 Å². The van der Waals surface area contributed by atoms with Crippen LogP contribution in [0.5, 0.6) is 0 Å². The van der Waals surface area contributed by atoms with Crippen molar-refractivity contribution in [1.29, 1.82) is 0 Å². The second kappa shape index (κ2) is 8.37. The summed E-state index contributed by atoms with van der Waals surface area (Å²) in [5, 5.41) is 0.418. The van der Waals surface area contributed by atoms with E-state index in [1.54, 1.807) is 34.3 Å². The normalized spacial score (nSPS) is 11.7. The Kier molecular flexibility index (Phi) is 5.36. The van der Waals surface area contributed by atoms with Crippen molar-refractivity contribution in [1.82, 2.24) is 24.1 Å². The topological polar surface area (TPSA) is 91.9 Å². The zero-order chi connectivity index (χ0) is 24.0. The Bertz CT molecular complexity index is 1630. The molecule has 0 N–H and O–H groups in total. The molecule has 5 aromatic rings. The maximum absolute atomic E-state index is 13.7. The van der Waals surface area contributed by atoms with Gasteiger partial charge in [-0.1, -0.05) is 32.0 Å². The molecule has 3 aromatic heterocycles. The van der Waals surface area contributed by atoms with Crippen molar-refractivity contribution in [3.05, 3.63) is 70.3 Å². The van der Waals surface area contributed by atoms with Crippen LogP contribution in [0.3, 0.4) is 0 Å². The lowest BCUT2D eigenvalue weighted by atomic mass is 10.2. The predicted octanol–water partition coefficient (Wildman–Crippen LogP) is 4.42. The molecular formula is C26H25N5O3. The summed E-state index contributed by atoms with van der Waals surface area (Å²) in [6, 6.07) is 14.6. The molecule has 0 unspecified atom stereocenters. The van der Waals surface area contributed by atoms with Crippen LogP contribution in [0, 0.1) is 12.8 Å². The molecule has 2 aromatic carbocycles. The lowest BCUT2D eigenvalue weighted by molar-refractivity contribution is 0.0526. The van der Waals surface area contributed by atoms with E-state index in [1.165, 1.54) is 0 Å². The van der Waals surface area contributed by atoms with Crippen molar-refractivity contribution in [2.24, 2.45) is 5.92 Å². The minimum absolute atomic E-state index is 0.147. The second-order valence-corrected chi connectivity index (χ2v) is 8.66. The average Bonchev–Trinajstić information content (AvgIpc) is 3.13. The third-order valence-electron chi connectivity index (χ3n) is 5.72. The van der Waals surface area contributed by atoms with Crippen LogP contribution in [0.1, 0.15) is 37.0 Å². The smallest absolute Gasteiger partial charge is 0.338 e. The Morgan fingerprint density at radius 3 is 2.44 bits per heavy atom. The highest BCUT2D eigenvalue weighted by Crippen LogP contribution is 2.29. The first kappa shape index (κ1) is 21.8. The minimum Gasteiger partial charge on any atom is -0.462 e. The molecule has 34 heavy (non-hydrogen) atoms. The first-order valence-electron chi connectivity index (χ1n) is 11.3. The number of carbonyl (C=O) groups excluding carboxylic acids is 1. The molecule has 0 saturated carbocycles. The summed E-state index contributed by atoms with van der Waals surface area (Å²) in [5.41, 5.74) is 3.80. The quantitative estimate of drug-likeness (QED) is 0.364. The first-order chi connectivity index (χ1) is 16.4. The molecule has 5 rings (SSSR count). The summed E-state index contributed by atoms with van der Waals surface area (Å²) in [4.78, 5) is 40.6. The van der Waals surface area contributed by atoms with Crippen LogP contribution < -0.4 is 5.56 Å². The van der Waals surface area contributed by atoms with Gasteiger partial charge in [-0.05, 0) is 50.1 Å². The molecule has 0 atom stereocenters. The van der Waals surface area contributed by atoms with Gasteiger partial charge in [0.1, 0.15) is 16.7 Å². The molecule has 3 heterocycles. The molecule has 8 nitrogen and oxygen atoms in total. The van der Waals surface area contributed by atoms with Crippen LogP contribution in [-0.2, 0) is 11.3 Å². The van der Waals surface area contributed by atoms with Gasteiger partial charge in [0.15, 0.2) is 11.3 Å². The molecule has 0 bridgehead atoms. The van der Waals surface area contributed by atoms with Gasteiger partial charge in [-0.2, -0.15) is 0 Å². The highest BCUT2D eigenvalue weighted by molar-refractivity contribution is 6.06. The summed E-state index contributed by atoms with van der Waals surface area (Å²) < 4.78 is 8.68. The highest BCUT2D eigenvalue weighted by atomic mass is 16.5. The highest BCUT2D eigenvalue weighted by Gasteiger charge is 2.23. The molecule has 0 amide bonds. The van der Waals surface area contributed by atoms with Crippen LogP contribution in [0.2, 0.25) is 0 Å². The number of ether oxygens (including phenoxy) is 1. The van der Waals surface area contributed by atoms with E-state index >= 15 is 0 Å². The van der Waals surface area contributed by atoms with E-state index in [0.29, 0.717) is 56.9 Å². The third kappa shape index (κ3) is 3.51. The van der Waals surface area contributed by atoms with Crippen LogP contribution in [0.25, 0.3) is 38.9 Å². The molecule has 0 radical (unpaired) electrons. The zero-order valence-corrected chi connectivity index (χ0v) is 19.6. The van der Waals surface area contributed by atoms with Crippen LogP contribution in [0.15, 0.2) is 53.3 Å². The zero-order valence-electron chi connectivity index (χ0n) is 19.6. The van der Waals surface area contributed by atoms with E-state index in [0.717, 1.165) is 0 Å². The van der Waals surface area contributed by atoms with Crippen LogP contribution in [0.4, 0.5) is 0 Å². The summed E-state index contributed by atoms with van der Waals surface area (Å²) in [6.45, 7) is 8.56. The number of nitrogens with zero attached hydrogens (tertiary/aromatic N) is 5. The van der Waals surface area contributed by atoms with Gasteiger partial charge in [0.2, 0.25) is 0 Å². The van der Waals surface area contributed by atoms with Gasteiger partial charge in [0, 0.05) is 6.54 Å². The van der Waals surface area contributed by atoms with Crippen LogP contribution in [-0.4, -0.2) is 36.7 Å². The standard InChI is InChI=1S/C26H25N5O3/c1-5-34-26(33)17-9-8-10-18(13-17)31-23-21(25(32)30(14-15(2)3)16(4)27-23)22-24(31)29-20-12-7-6-11-19(20)28-22/h6-13,15H,5,14H2,1-4H3. The Labute approximate surface area is 195 Å². The van der Waals surface area contributed by atoms with Crippen molar-refractivity contribution < 1.29 is 9.53 Å². The van der Waals surface area contributed by atoms with Crippen molar-refractivity contribution in [3.63, 3.8) is 0 Å². The number of rotatable bonds is 5. The fourth-order valence-electron chi connectivity index (χ4n) is 4.24. The van der Waals surface area contributed by atoms with Crippen molar-refractivity contribution in [2.75, 3.05) is 6.61 Å². The van der Waals surface area contributed by atoms with Gasteiger partial charge in [-0.3, -0.25) is 13.9 Å². The van der Waals surface area contributed by atoms with E-state index in [2.05, 4.69) is 13.8 Å². The summed E-state index contributed by atoms with van der Waals surface area (Å²) >= 11 is 0. The monoisotopic (exact) mass is 455 g/mol. The molecule has 0 spiro atoms. The maximum atomic E-state index is 13.7. The number of aryl methyl sites for hydroxylation is 1. The van der Waals surface area contributed by atoms with Crippen molar-refractivity contribution >= 4 is 39.2 Å². The molecule has 0 aliphatic rings. The van der Waals surface area contributed by atoms with E-state index in [9.17, 15) is 9.59 Å². The van der Waals surface area contributed by atoms with E-state index < -0.39 is 5.97 Å². The fourth-order valence-corrected chi connectivity index (χ4v) is 4.24. The van der Waals surface area contributed by atoms with Crippen molar-refractivity contribution in [3.8, 4) is 5.69 Å². The average molecular weight is 456 g/mol. The van der Waals surface area contributed by atoms with Crippen LogP contribution >= 0.6 is 0 Å². The first-order valence-corrected chi connectivity index (χ1v) is 11.3. The number of carbonyl (C=O) groups is 1. The van der Waals surface area contributed by atoms with E-state index in [1.807, 2.05) is 37.3 Å². The minimum atomic E-state index is -0.412.